The van der Waals surface area contributed by atoms with E-state index in [9.17, 15) is 14.0 Å². The molecule has 178 valence electrons. The molecule has 0 spiro atoms. The Bertz CT molecular complexity index is 1320. The van der Waals surface area contributed by atoms with Crippen molar-refractivity contribution in [3.05, 3.63) is 102 Å². The summed E-state index contributed by atoms with van der Waals surface area (Å²) in [4.78, 5) is 28.8. The summed E-state index contributed by atoms with van der Waals surface area (Å²) < 4.78 is 14.2. The molecular formula is C29H28FN3O2. The van der Waals surface area contributed by atoms with Crippen LogP contribution in [-0.2, 0) is 9.59 Å². The smallest absolute Gasteiger partial charge is 0.244 e. The number of allylic oxidation sites excluding steroid dienone is 1. The number of hydrogen-bond donors (Lipinski definition) is 2. The lowest BCUT2D eigenvalue weighted by Crippen LogP contribution is -2.40. The van der Waals surface area contributed by atoms with Gasteiger partial charge in [0.05, 0.1) is 29.6 Å². The summed E-state index contributed by atoms with van der Waals surface area (Å²) in [7, 11) is 0. The van der Waals surface area contributed by atoms with Gasteiger partial charge in [0.15, 0.2) is 5.78 Å². The van der Waals surface area contributed by atoms with Gasteiger partial charge in [-0.2, -0.15) is 0 Å². The molecule has 2 N–H and O–H groups in total. The molecule has 1 atom stereocenters. The molecule has 1 unspecified atom stereocenters. The molecule has 1 aliphatic carbocycles. The average molecular weight is 470 g/mol. The Labute approximate surface area is 204 Å². The van der Waals surface area contributed by atoms with Gasteiger partial charge in [-0.15, -0.1) is 0 Å². The van der Waals surface area contributed by atoms with Gasteiger partial charge in [0.2, 0.25) is 5.91 Å². The number of nitrogens with zero attached hydrogens (tertiary/aromatic N) is 1. The van der Waals surface area contributed by atoms with Crippen molar-refractivity contribution in [2.24, 2.45) is 5.41 Å². The number of Topliss-reactive ketones (excluding diaryl/α,β-unsaturated/α-hetero) is 1. The molecular weight excluding hydrogens is 441 g/mol. The number of benzene rings is 3. The molecule has 2 aliphatic rings. The first-order valence-electron chi connectivity index (χ1n) is 11.8. The zero-order chi connectivity index (χ0) is 24.6. The molecule has 3 aromatic carbocycles. The Morgan fingerprint density at radius 2 is 1.69 bits per heavy atom. The van der Waals surface area contributed by atoms with E-state index in [0.29, 0.717) is 12.0 Å². The Balaban J connectivity index is 1.63. The van der Waals surface area contributed by atoms with Gasteiger partial charge < -0.3 is 15.5 Å². The molecule has 0 saturated carbocycles. The minimum Gasteiger partial charge on any atom is -0.357 e. The number of ketones is 1. The Kier molecular flexibility index (Phi) is 5.89. The lowest BCUT2D eigenvalue weighted by Gasteiger charge is -2.37. The van der Waals surface area contributed by atoms with Crippen molar-refractivity contribution >= 4 is 28.8 Å². The predicted molar refractivity (Wildman–Crippen MR) is 137 cm³/mol. The minimum absolute atomic E-state index is 0.0555. The molecule has 35 heavy (non-hydrogen) atoms. The van der Waals surface area contributed by atoms with E-state index in [4.69, 9.17) is 0 Å². The number of para-hydroxylation sites is 3. The van der Waals surface area contributed by atoms with Gasteiger partial charge in [-0.25, -0.2) is 4.39 Å². The quantitative estimate of drug-likeness (QED) is 0.486. The first-order chi connectivity index (χ1) is 16.8. The summed E-state index contributed by atoms with van der Waals surface area (Å²) in [6.07, 6.45) is 1.16. The van der Waals surface area contributed by atoms with Crippen LogP contribution in [0.5, 0.6) is 0 Å². The SMILES string of the molecule is CC1(C)CC(=O)C2=C(C1)Nc1ccccc1N(CC(=O)Nc1ccccc1F)C2c1ccccc1. The number of nitrogens with one attached hydrogen (secondary N) is 2. The second kappa shape index (κ2) is 9.02. The van der Waals surface area contributed by atoms with Crippen LogP contribution in [0.2, 0.25) is 0 Å². The van der Waals surface area contributed by atoms with Crippen LogP contribution in [0.1, 0.15) is 38.3 Å². The highest BCUT2D eigenvalue weighted by atomic mass is 19.1. The predicted octanol–water partition coefficient (Wildman–Crippen LogP) is 6.08. The molecule has 1 amide bonds. The summed E-state index contributed by atoms with van der Waals surface area (Å²) in [5, 5.41) is 6.23. The van der Waals surface area contributed by atoms with Crippen LogP contribution < -0.4 is 15.5 Å². The van der Waals surface area contributed by atoms with Crippen LogP contribution in [0, 0.1) is 11.2 Å². The van der Waals surface area contributed by atoms with E-state index in [1.165, 1.54) is 12.1 Å². The van der Waals surface area contributed by atoms with Crippen molar-refractivity contribution in [1.82, 2.24) is 0 Å². The topological polar surface area (TPSA) is 61.4 Å². The lowest BCUT2D eigenvalue weighted by atomic mass is 9.73. The van der Waals surface area contributed by atoms with Crippen LogP contribution in [-0.4, -0.2) is 18.2 Å². The fourth-order valence-corrected chi connectivity index (χ4v) is 5.12. The van der Waals surface area contributed by atoms with E-state index in [2.05, 4.69) is 24.5 Å². The zero-order valence-corrected chi connectivity index (χ0v) is 19.8. The maximum atomic E-state index is 14.2. The number of anilines is 3. The van der Waals surface area contributed by atoms with Crippen LogP contribution in [0.15, 0.2) is 90.1 Å². The van der Waals surface area contributed by atoms with E-state index in [0.717, 1.165) is 29.1 Å². The lowest BCUT2D eigenvalue weighted by molar-refractivity contribution is -0.119. The van der Waals surface area contributed by atoms with Gasteiger partial charge in [0.1, 0.15) is 5.82 Å². The van der Waals surface area contributed by atoms with Crippen molar-refractivity contribution in [3.63, 3.8) is 0 Å². The van der Waals surface area contributed by atoms with E-state index >= 15 is 0 Å². The Morgan fingerprint density at radius 3 is 2.46 bits per heavy atom. The molecule has 0 fully saturated rings. The monoisotopic (exact) mass is 469 g/mol. The molecule has 0 radical (unpaired) electrons. The largest absolute Gasteiger partial charge is 0.357 e. The summed E-state index contributed by atoms with van der Waals surface area (Å²) in [6.45, 7) is 4.15. The van der Waals surface area contributed by atoms with Gasteiger partial charge in [0.25, 0.3) is 0 Å². The fourth-order valence-electron chi connectivity index (χ4n) is 5.12. The Hall–Kier alpha value is -3.93. The molecule has 6 heteroatoms. The van der Waals surface area contributed by atoms with Crippen LogP contribution >= 0.6 is 0 Å². The number of carbonyl (C=O) groups is 2. The van der Waals surface area contributed by atoms with Gasteiger partial charge in [0, 0.05) is 17.7 Å². The maximum absolute atomic E-state index is 14.2. The van der Waals surface area contributed by atoms with Gasteiger partial charge in [-0.05, 0) is 41.7 Å². The third-order valence-electron chi connectivity index (χ3n) is 6.58. The van der Waals surface area contributed by atoms with E-state index in [1.807, 2.05) is 59.5 Å². The van der Waals surface area contributed by atoms with Gasteiger partial charge in [-0.3, -0.25) is 9.59 Å². The number of rotatable bonds is 4. The summed E-state index contributed by atoms with van der Waals surface area (Å²) in [6, 6.07) is 23.2. The molecule has 0 bridgehead atoms. The Morgan fingerprint density at radius 1 is 1.00 bits per heavy atom. The van der Waals surface area contributed by atoms with Crippen LogP contribution in [0.25, 0.3) is 0 Å². The van der Waals surface area contributed by atoms with E-state index < -0.39 is 11.9 Å². The molecule has 1 aliphatic heterocycles. The third-order valence-corrected chi connectivity index (χ3v) is 6.58. The van der Waals surface area contributed by atoms with Crippen molar-refractivity contribution in [3.8, 4) is 0 Å². The van der Waals surface area contributed by atoms with Crippen molar-refractivity contribution < 1.29 is 14.0 Å². The molecule has 0 saturated heterocycles. The van der Waals surface area contributed by atoms with Crippen molar-refractivity contribution in [2.75, 3.05) is 22.1 Å². The number of hydrogen-bond acceptors (Lipinski definition) is 4. The van der Waals surface area contributed by atoms with E-state index in [1.54, 1.807) is 12.1 Å². The second-order valence-corrected chi connectivity index (χ2v) is 9.94. The van der Waals surface area contributed by atoms with Gasteiger partial charge >= 0.3 is 0 Å². The highest BCUT2D eigenvalue weighted by Gasteiger charge is 2.41. The standard InChI is InChI=1S/C29H28FN3O2/c1-29(2)16-23-27(25(34)17-29)28(19-10-4-3-5-11-19)33(24-15-9-8-14-22(24)31-23)18-26(35)32-21-13-7-6-12-20(21)30/h3-15,28,31H,16-18H2,1-2H3,(H,32,35). The first kappa shape index (κ1) is 22.8. The molecule has 5 rings (SSSR count). The molecule has 5 nitrogen and oxygen atoms in total. The van der Waals surface area contributed by atoms with Crippen molar-refractivity contribution in [2.45, 2.75) is 32.7 Å². The number of amides is 1. The normalized spacial score (nSPS) is 18.8. The van der Waals surface area contributed by atoms with Gasteiger partial charge in [-0.1, -0.05) is 68.4 Å². The zero-order valence-electron chi connectivity index (χ0n) is 19.8. The summed E-state index contributed by atoms with van der Waals surface area (Å²) in [5.41, 5.74) is 4.11. The molecule has 3 aromatic rings. The molecule has 0 aromatic heterocycles. The minimum atomic E-state index is -0.493. The highest BCUT2D eigenvalue weighted by Crippen LogP contribution is 2.48. The summed E-state index contributed by atoms with van der Waals surface area (Å²) >= 11 is 0. The molecule has 1 heterocycles. The average Bonchev–Trinajstić information content (AvgIpc) is 2.95. The van der Waals surface area contributed by atoms with E-state index in [-0.39, 0.29) is 29.3 Å². The highest BCUT2D eigenvalue weighted by molar-refractivity contribution is 6.02. The number of fused-ring (bicyclic) bond motifs is 1. The summed E-state index contributed by atoms with van der Waals surface area (Å²) in [5.74, 6) is -0.781. The van der Waals surface area contributed by atoms with Crippen LogP contribution in [0.3, 0.4) is 0 Å². The maximum Gasteiger partial charge on any atom is 0.244 e. The van der Waals surface area contributed by atoms with Crippen molar-refractivity contribution in [1.29, 1.82) is 0 Å². The fraction of sp³-hybridized carbons (Fsp3) is 0.241. The van der Waals surface area contributed by atoms with Crippen LogP contribution in [0.4, 0.5) is 21.5 Å². The third kappa shape index (κ3) is 4.56. The number of halogens is 1. The number of carbonyl (C=O) groups excluding carboxylic acids is 2. The first-order valence-corrected chi connectivity index (χ1v) is 11.8. The second-order valence-electron chi connectivity index (χ2n) is 9.94.